The van der Waals surface area contributed by atoms with Crippen molar-refractivity contribution in [3.05, 3.63) is 59.4 Å². The van der Waals surface area contributed by atoms with E-state index in [9.17, 15) is 18.8 Å². The van der Waals surface area contributed by atoms with Gasteiger partial charge in [0.1, 0.15) is 5.82 Å². The van der Waals surface area contributed by atoms with Gasteiger partial charge in [0.15, 0.2) is 0 Å². The lowest BCUT2D eigenvalue weighted by atomic mass is 10.0. The van der Waals surface area contributed by atoms with Crippen molar-refractivity contribution in [3.63, 3.8) is 0 Å². The number of fused-ring (bicyclic) bond motifs is 1. The highest BCUT2D eigenvalue weighted by molar-refractivity contribution is 7.99. The minimum atomic E-state index is -0.366. The van der Waals surface area contributed by atoms with Crippen LogP contribution < -0.4 is 15.5 Å². The molecule has 2 aromatic carbocycles. The second kappa shape index (κ2) is 8.87. The first-order valence-corrected chi connectivity index (χ1v) is 10.9. The van der Waals surface area contributed by atoms with E-state index in [1.807, 2.05) is 0 Å². The zero-order chi connectivity index (χ0) is 21.1. The minimum Gasteiger partial charge on any atom is -0.348 e. The molecule has 30 heavy (non-hydrogen) atoms. The molecule has 3 amide bonds. The summed E-state index contributed by atoms with van der Waals surface area (Å²) in [6.45, 7) is 0.525. The van der Waals surface area contributed by atoms with Crippen LogP contribution in [0.4, 0.5) is 10.1 Å². The molecule has 1 saturated heterocycles. The van der Waals surface area contributed by atoms with Crippen LogP contribution in [0.2, 0.25) is 0 Å². The van der Waals surface area contributed by atoms with Crippen LogP contribution in [0, 0.1) is 5.82 Å². The number of anilines is 1. The Kier molecular flexibility index (Phi) is 6.03. The smallest absolute Gasteiger partial charge is 0.251 e. The van der Waals surface area contributed by atoms with E-state index in [1.54, 1.807) is 47.0 Å². The summed E-state index contributed by atoms with van der Waals surface area (Å²) in [4.78, 5) is 39.2. The molecule has 0 unspecified atom stereocenters. The number of hydrogen-bond acceptors (Lipinski definition) is 4. The fourth-order valence-corrected chi connectivity index (χ4v) is 4.84. The number of halogens is 1. The molecule has 0 bridgehead atoms. The number of nitrogens with one attached hydrogen (secondary N) is 2. The van der Waals surface area contributed by atoms with Crippen LogP contribution in [-0.2, 0) is 9.59 Å². The normalized spacial score (nSPS) is 18.1. The Morgan fingerprint density at radius 3 is 2.70 bits per heavy atom. The summed E-state index contributed by atoms with van der Waals surface area (Å²) in [5.41, 5.74) is 1.96. The number of nitrogens with zero attached hydrogens (tertiary/aromatic N) is 1. The fraction of sp³-hybridized carbons (Fsp3) is 0.318. The van der Waals surface area contributed by atoms with E-state index in [0.29, 0.717) is 24.9 Å². The highest BCUT2D eigenvalue weighted by atomic mass is 32.2. The van der Waals surface area contributed by atoms with Gasteiger partial charge in [-0.2, -0.15) is 0 Å². The maximum absolute atomic E-state index is 13.6. The molecular formula is C22H22FN3O3S. The van der Waals surface area contributed by atoms with Gasteiger partial charge in [-0.1, -0.05) is 0 Å². The van der Waals surface area contributed by atoms with Crippen molar-refractivity contribution >= 4 is 35.2 Å². The van der Waals surface area contributed by atoms with Crippen molar-refractivity contribution in [2.75, 3.05) is 23.7 Å². The molecule has 0 saturated carbocycles. The molecule has 6 nitrogen and oxygen atoms in total. The van der Waals surface area contributed by atoms with Gasteiger partial charge < -0.3 is 15.5 Å². The number of hydrogen-bond donors (Lipinski definition) is 2. The van der Waals surface area contributed by atoms with Gasteiger partial charge in [-0.15, -0.1) is 11.8 Å². The van der Waals surface area contributed by atoms with E-state index in [1.165, 1.54) is 12.1 Å². The van der Waals surface area contributed by atoms with Crippen molar-refractivity contribution in [1.29, 1.82) is 0 Å². The van der Waals surface area contributed by atoms with Gasteiger partial charge in [0, 0.05) is 34.9 Å². The van der Waals surface area contributed by atoms with Crippen molar-refractivity contribution in [1.82, 2.24) is 10.6 Å². The molecule has 1 atom stereocenters. The second-order valence-corrected chi connectivity index (χ2v) is 8.45. The molecule has 2 aliphatic heterocycles. The maximum atomic E-state index is 13.6. The predicted octanol–water partition coefficient (Wildman–Crippen LogP) is 3.04. The summed E-state index contributed by atoms with van der Waals surface area (Å²) in [6, 6.07) is 11.1. The lowest BCUT2D eigenvalue weighted by Crippen LogP contribution is -2.39. The van der Waals surface area contributed by atoms with Gasteiger partial charge in [-0.3, -0.25) is 14.4 Å². The average molecular weight is 428 g/mol. The highest BCUT2D eigenvalue weighted by Crippen LogP contribution is 2.36. The maximum Gasteiger partial charge on any atom is 0.251 e. The van der Waals surface area contributed by atoms with E-state index in [2.05, 4.69) is 10.6 Å². The molecule has 0 aliphatic carbocycles. The van der Waals surface area contributed by atoms with Crippen molar-refractivity contribution in [2.45, 2.75) is 30.2 Å². The highest BCUT2D eigenvalue weighted by Gasteiger charge is 2.24. The second-order valence-electron chi connectivity index (χ2n) is 7.32. The standard InChI is InChI=1S/C22H22FN3O3S/c23-15-5-8-19-17(12-15)18(9-11-30-19)25-20(27)13-24-22(29)14-3-6-16(7-4-14)26-10-1-2-21(26)28/h3-8,12,18H,1-2,9-11,13H2,(H,24,29)(H,25,27)/t18-/m1/s1. The zero-order valence-electron chi connectivity index (χ0n) is 16.3. The molecule has 2 aromatic rings. The summed E-state index contributed by atoms with van der Waals surface area (Å²) < 4.78 is 13.6. The predicted molar refractivity (Wildman–Crippen MR) is 113 cm³/mol. The molecule has 156 valence electrons. The van der Waals surface area contributed by atoms with Crippen LogP contribution in [0.1, 0.15) is 41.2 Å². The number of benzene rings is 2. The Hall–Kier alpha value is -2.87. The van der Waals surface area contributed by atoms with Gasteiger partial charge in [0.2, 0.25) is 11.8 Å². The van der Waals surface area contributed by atoms with Crippen LogP contribution in [0.5, 0.6) is 0 Å². The van der Waals surface area contributed by atoms with Crippen LogP contribution in [-0.4, -0.2) is 36.6 Å². The summed E-state index contributed by atoms with van der Waals surface area (Å²) in [7, 11) is 0. The number of thioether (sulfide) groups is 1. The molecule has 0 spiro atoms. The summed E-state index contributed by atoms with van der Waals surface area (Å²) in [6.07, 6.45) is 2.10. The first-order chi connectivity index (χ1) is 14.5. The van der Waals surface area contributed by atoms with E-state index >= 15 is 0 Å². The molecular weight excluding hydrogens is 405 g/mol. The topological polar surface area (TPSA) is 78.5 Å². The molecule has 2 heterocycles. The molecule has 0 aromatic heterocycles. The van der Waals surface area contributed by atoms with E-state index in [-0.39, 0.29) is 36.1 Å². The minimum absolute atomic E-state index is 0.0893. The number of carbonyl (C=O) groups excluding carboxylic acids is 3. The van der Waals surface area contributed by atoms with Gasteiger partial charge in [-0.05, 0) is 60.9 Å². The van der Waals surface area contributed by atoms with Crippen LogP contribution in [0.15, 0.2) is 47.4 Å². The van der Waals surface area contributed by atoms with Gasteiger partial charge in [-0.25, -0.2) is 4.39 Å². The van der Waals surface area contributed by atoms with Crippen molar-refractivity contribution < 1.29 is 18.8 Å². The average Bonchev–Trinajstić information content (AvgIpc) is 3.18. The zero-order valence-corrected chi connectivity index (χ0v) is 17.1. The Morgan fingerprint density at radius 2 is 1.97 bits per heavy atom. The summed E-state index contributed by atoms with van der Waals surface area (Å²) in [5, 5.41) is 5.49. The van der Waals surface area contributed by atoms with Crippen molar-refractivity contribution in [2.24, 2.45) is 0 Å². The molecule has 4 rings (SSSR count). The monoisotopic (exact) mass is 427 g/mol. The van der Waals surface area contributed by atoms with Gasteiger partial charge >= 0.3 is 0 Å². The van der Waals surface area contributed by atoms with E-state index in [0.717, 1.165) is 28.3 Å². The van der Waals surface area contributed by atoms with Gasteiger partial charge in [0.05, 0.1) is 12.6 Å². The first kappa shape index (κ1) is 20.4. The number of rotatable bonds is 5. The van der Waals surface area contributed by atoms with E-state index in [4.69, 9.17) is 0 Å². The van der Waals surface area contributed by atoms with Crippen LogP contribution in [0.3, 0.4) is 0 Å². The third-order valence-electron chi connectivity index (χ3n) is 5.27. The molecule has 2 N–H and O–H groups in total. The Balaban J connectivity index is 1.32. The lowest BCUT2D eigenvalue weighted by Gasteiger charge is -2.26. The molecule has 0 radical (unpaired) electrons. The molecule has 2 aliphatic rings. The van der Waals surface area contributed by atoms with E-state index < -0.39 is 0 Å². The largest absolute Gasteiger partial charge is 0.348 e. The Labute approximate surface area is 178 Å². The molecule has 1 fully saturated rings. The molecule has 8 heteroatoms. The third-order valence-corrected chi connectivity index (χ3v) is 6.39. The SMILES string of the molecule is O=C(CNC(=O)c1ccc(N2CCCC2=O)cc1)N[C@@H]1CCSc2ccc(F)cc21. The van der Waals surface area contributed by atoms with Crippen LogP contribution >= 0.6 is 11.8 Å². The number of amides is 3. The van der Waals surface area contributed by atoms with Crippen molar-refractivity contribution in [3.8, 4) is 0 Å². The Morgan fingerprint density at radius 1 is 1.17 bits per heavy atom. The van der Waals surface area contributed by atoms with Gasteiger partial charge in [0.25, 0.3) is 5.91 Å². The summed E-state index contributed by atoms with van der Waals surface area (Å²) >= 11 is 1.64. The fourth-order valence-electron chi connectivity index (χ4n) is 3.74. The third kappa shape index (κ3) is 4.48. The number of carbonyl (C=O) groups is 3. The lowest BCUT2D eigenvalue weighted by molar-refractivity contribution is -0.121. The van der Waals surface area contributed by atoms with Crippen LogP contribution in [0.25, 0.3) is 0 Å². The first-order valence-electron chi connectivity index (χ1n) is 9.91. The summed E-state index contributed by atoms with van der Waals surface area (Å²) in [5.74, 6) is -0.0962. The Bertz CT molecular complexity index is 980. The quantitative estimate of drug-likeness (QED) is 0.769.